The number of hydrogen-bond acceptors (Lipinski definition) is 4. The van der Waals surface area contributed by atoms with Crippen molar-refractivity contribution >= 4 is 11.8 Å². The van der Waals surface area contributed by atoms with Crippen LogP contribution < -0.4 is 0 Å². The lowest BCUT2D eigenvalue weighted by molar-refractivity contribution is -0.179. The molecule has 30 heavy (non-hydrogen) atoms. The molecule has 2 atom stereocenters. The predicted molar refractivity (Wildman–Crippen MR) is 117 cm³/mol. The molecule has 0 saturated heterocycles. The Morgan fingerprint density at radius 3 is 1.23 bits per heavy atom. The summed E-state index contributed by atoms with van der Waals surface area (Å²) in [5.41, 5.74) is -2.54. The van der Waals surface area contributed by atoms with E-state index in [9.17, 15) is 19.8 Å². The third kappa shape index (κ3) is 5.07. The number of hydrogen-bond donors (Lipinski definition) is 2. The van der Waals surface area contributed by atoms with E-state index in [4.69, 9.17) is 0 Å². The van der Waals surface area contributed by atoms with Crippen molar-refractivity contribution in [2.24, 2.45) is 0 Å². The number of carbonyl (C=O) groups is 2. The first-order valence-electron chi connectivity index (χ1n) is 10.1. The maximum atomic E-state index is 12.3. The maximum absolute atomic E-state index is 12.3. The molecule has 2 amide bonds. The summed E-state index contributed by atoms with van der Waals surface area (Å²) in [6.45, 7) is 0. The van der Waals surface area contributed by atoms with Crippen molar-refractivity contribution in [2.75, 3.05) is 28.2 Å². The van der Waals surface area contributed by atoms with Crippen LogP contribution in [0, 0.1) is 0 Å². The average Bonchev–Trinajstić information content (AvgIpc) is 2.76. The zero-order chi connectivity index (χ0) is 22.4. The number of rotatable bonds is 9. The van der Waals surface area contributed by atoms with Crippen LogP contribution >= 0.6 is 0 Å². The van der Waals surface area contributed by atoms with Crippen LogP contribution in [0.15, 0.2) is 60.7 Å². The average molecular weight is 413 g/mol. The van der Waals surface area contributed by atoms with Gasteiger partial charge >= 0.3 is 0 Å². The molecule has 2 N–H and O–H groups in total. The van der Waals surface area contributed by atoms with E-state index in [1.807, 2.05) is 12.1 Å². The quantitative estimate of drug-likeness (QED) is 0.663. The highest BCUT2D eigenvalue weighted by Gasteiger charge is 2.51. The van der Waals surface area contributed by atoms with Crippen molar-refractivity contribution in [3.63, 3.8) is 0 Å². The van der Waals surface area contributed by atoms with Crippen LogP contribution in [0.3, 0.4) is 0 Å². The van der Waals surface area contributed by atoms with Gasteiger partial charge in [0.2, 0.25) is 11.8 Å². The van der Waals surface area contributed by atoms with Gasteiger partial charge in [0.05, 0.1) is 0 Å². The highest BCUT2D eigenvalue weighted by Crippen LogP contribution is 2.47. The molecular formula is C24H32N2O4. The highest BCUT2D eigenvalue weighted by atomic mass is 16.4. The molecule has 0 aromatic heterocycles. The van der Waals surface area contributed by atoms with E-state index in [-0.39, 0.29) is 37.5 Å². The molecule has 0 fully saturated rings. The summed E-state index contributed by atoms with van der Waals surface area (Å²) < 4.78 is 0. The van der Waals surface area contributed by atoms with Gasteiger partial charge in [0.15, 0.2) is 0 Å². The Kier molecular flexibility index (Phi) is 7.76. The Hall–Kier alpha value is -2.70. The molecule has 0 radical (unpaired) electrons. The molecule has 0 saturated carbocycles. The molecule has 0 aliphatic heterocycles. The molecule has 0 heterocycles. The predicted octanol–water partition coefficient (Wildman–Crippen LogP) is 2.50. The van der Waals surface area contributed by atoms with Gasteiger partial charge in [-0.3, -0.25) is 9.59 Å². The van der Waals surface area contributed by atoms with Crippen molar-refractivity contribution in [1.29, 1.82) is 0 Å². The number of aliphatic hydroxyl groups is 2. The maximum Gasteiger partial charge on any atom is 0.222 e. The number of benzene rings is 2. The largest absolute Gasteiger partial charge is 0.382 e. The first-order valence-corrected chi connectivity index (χ1v) is 10.1. The lowest BCUT2D eigenvalue weighted by Gasteiger charge is -2.45. The van der Waals surface area contributed by atoms with Gasteiger partial charge < -0.3 is 20.0 Å². The van der Waals surface area contributed by atoms with E-state index in [0.717, 1.165) is 0 Å². The second-order valence-electron chi connectivity index (χ2n) is 8.03. The molecule has 162 valence electrons. The summed E-state index contributed by atoms with van der Waals surface area (Å²) in [7, 11) is 6.62. The van der Waals surface area contributed by atoms with Gasteiger partial charge in [0.1, 0.15) is 11.2 Å². The molecule has 6 heteroatoms. The first kappa shape index (κ1) is 23.6. The van der Waals surface area contributed by atoms with Crippen molar-refractivity contribution < 1.29 is 19.8 Å². The van der Waals surface area contributed by atoms with Crippen molar-refractivity contribution in [2.45, 2.75) is 36.9 Å². The summed E-state index contributed by atoms with van der Waals surface area (Å²) in [6, 6.07) is 17.7. The Bertz CT molecular complexity index is 767. The Balaban J connectivity index is 2.56. The smallest absolute Gasteiger partial charge is 0.222 e. The monoisotopic (exact) mass is 412 g/mol. The third-order valence-corrected chi connectivity index (χ3v) is 5.59. The van der Waals surface area contributed by atoms with Gasteiger partial charge in [-0.15, -0.1) is 0 Å². The van der Waals surface area contributed by atoms with E-state index in [2.05, 4.69) is 0 Å². The molecule has 0 aliphatic rings. The molecule has 0 spiro atoms. The molecule has 0 aliphatic carbocycles. The summed E-state index contributed by atoms with van der Waals surface area (Å²) in [5.74, 6) is -0.298. The molecular weight excluding hydrogens is 380 g/mol. The van der Waals surface area contributed by atoms with Crippen LogP contribution in [0.4, 0.5) is 0 Å². The standard InChI is InChI=1S/C24H32N2O4/c1-25(2)21(27)15-17-23(29,19-11-7-5-8-12-19)24(30,18-16-22(28)26(3)4)20-13-9-6-10-14-20/h5-14,29-30H,15-18H2,1-4H3/t23-,24+. The Labute approximate surface area is 178 Å². The molecule has 2 aromatic rings. The summed E-state index contributed by atoms with van der Waals surface area (Å²) in [5, 5.41) is 24.0. The van der Waals surface area contributed by atoms with Crippen LogP contribution in [0.1, 0.15) is 36.8 Å². The van der Waals surface area contributed by atoms with Crippen LogP contribution in [0.5, 0.6) is 0 Å². The van der Waals surface area contributed by atoms with Gasteiger partial charge in [-0.2, -0.15) is 0 Å². The molecule has 2 aromatic carbocycles. The van der Waals surface area contributed by atoms with Crippen LogP contribution in [0.25, 0.3) is 0 Å². The van der Waals surface area contributed by atoms with Gasteiger partial charge in [0.25, 0.3) is 0 Å². The first-order chi connectivity index (χ1) is 14.1. The number of amides is 2. The van der Waals surface area contributed by atoms with Gasteiger partial charge in [-0.05, 0) is 24.0 Å². The Morgan fingerprint density at radius 1 is 0.667 bits per heavy atom. The van der Waals surface area contributed by atoms with E-state index in [0.29, 0.717) is 11.1 Å². The fraction of sp³-hybridized carbons (Fsp3) is 0.417. The molecule has 6 nitrogen and oxygen atoms in total. The number of nitrogens with zero attached hydrogens (tertiary/aromatic N) is 2. The zero-order valence-corrected chi connectivity index (χ0v) is 18.2. The van der Waals surface area contributed by atoms with E-state index in [1.165, 1.54) is 9.80 Å². The number of carbonyl (C=O) groups excluding carboxylic acids is 2. The van der Waals surface area contributed by atoms with Crippen LogP contribution in [-0.2, 0) is 20.8 Å². The minimum absolute atomic E-state index is 0.00950. The fourth-order valence-corrected chi connectivity index (χ4v) is 3.63. The van der Waals surface area contributed by atoms with Crippen molar-refractivity contribution in [1.82, 2.24) is 9.80 Å². The summed E-state index contributed by atoms with van der Waals surface area (Å²) in [4.78, 5) is 27.5. The van der Waals surface area contributed by atoms with Crippen molar-refractivity contribution in [3.05, 3.63) is 71.8 Å². The highest BCUT2D eigenvalue weighted by molar-refractivity contribution is 5.76. The summed E-state index contributed by atoms with van der Waals surface area (Å²) >= 11 is 0. The topological polar surface area (TPSA) is 81.1 Å². The van der Waals surface area contributed by atoms with Gasteiger partial charge in [-0.1, -0.05) is 60.7 Å². The van der Waals surface area contributed by atoms with Gasteiger partial charge in [0, 0.05) is 41.0 Å². The molecule has 2 rings (SSSR count). The van der Waals surface area contributed by atoms with Crippen LogP contribution in [-0.4, -0.2) is 60.0 Å². The van der Waals surface area contributed by atoms with Crippen LogP contribution in [0.2, 0.25) is 0 Å². The SMILES string of the molecule is CN(C)C(=O)CC[C@@](O)(c1ccccc1)[C@](O)(CCC(=O)N(C)C)c1ccccc1. The zero-order valence-electron chi connectivity index (χ0n) is 18.2. The van der Waals surface area contributed by atoms with Crippen molar-refractivity contribution in [3.8, 4) is 0 Å². The lowest BCUT2D eigenvalue weighted by Crippen LogP contribution is -2.50. The Morgan fingerprint density at radius 2 is 0.967 bits per heavy atom. The molecule has 0 unspecified atom stereocenters. The minimum Gasteiger partial charge on any atom is -0.382 e. The normalized spacial score (nSPS) is 15.0. The fourth-order valence-electron chi connectivity index (χ4n) is 3.63. The molecule has 0 bridgehead atoms. The minimum atomic E-state index is -1.77. The van der Waals surface area contributed by atoms with E-state index < -0.39 is 11.2 Å². The third-order valence-electron chi connectivity index (χ3n) is 5.59. The summed E-state index contributed by atoms with van der Waals surface area (Å²) in [6.07, 6.45) is 0.121. The lowest BCUT2D eigenvalue weighted by atomic mass is 9.68. The second kappa shape index (κ2) is 9.87. The van der Waals surface area contributed by atoms with Gasteiger partial charge in [-0.25, -0.2) is 0 Å². The van der Waals surface area contributed by atoms with E-state index >= 15 is 0 Å². The second-order valence-corrected chi connectivity index (χ2v) is 8.03. The van der Waals surface area contributed by atoms with E-state index in [1.54, 1.807) is 76.7 Å².